The zero-order chi connectivity index (χ0) is 19.3. The highest BCUT2D eigenvalue weighted by Gasteiger charge is 2.25. The average molecular weight is 412 g/mol. The lowest BCUT2D eigenvalue weighted by atomic mass is 10.2. The van der Waals surface area contributed by atoms with Gasteiger partial charge in [-0.1, -0.05) is 4.73 Å². The summed E-state index contributed by atoms with van der Waals surface area (Å²) in [7, 11) is 0. The lowest BCUT2D eigenvalue weighted by Crippen LogP contribution is -2.39. The van der Waals surface area contributed by atoms with Gasteiger partial charge in [-0.2, -0.15) is 0 Å². The van der Waals surface area contributed by atoms with Crippen LogP contribution >= 0.6 is 12.4 Å². The van der Waals surface area contributed by atoms with Gasteiger partial charge >= 0.3 is 5.69 Å². The first kappa shape index (κ1) is 19.8. The molecule has 8 nitrogen and oxygen atoms in total. The molecule has 4 rings (SSSR count). The summed E-state index contributed by atoms with van der Waals surface area (Å²) in [5.41, 5.74) is 3.70. The number of nitrogens with zero attached hydrogens (tertiary/aromatic N) is 4. The van der Waals surface area contributed by atoms with E-state index in [1.807, 2.05) is 0 Å². The maximum atomic E-state index is 14.6. The van der Waals surface area contributed by atoms with Crippen molar-refractivity contribution < 1.29 is 14.0 Å². The molecule has 28 heavy (non-hydrogen) atoms. The first-order valence-corrected chi connectivity index (χ1v) is 8.21. The van der Waals surface area contributed by atoms with Gasteiger partial charge in [0.2, 0.25) is 0 Å². The van der Waals surface area contributed by atoms with Crippen molar-refractivity contribution in [3.8, 4) is 5.69 Å². The fraction of sp³-hybridized carbons (Fsp3) is 0.235. The average Bonchev–Trinajstić information content (AvgIpc) is 3.08. The van der Waals surface area contributed by atoms with Crippen LogP contribution in [-0.4, -0.2) is 38.6 Å². The molecular formula is C17H16ClF2N5O3. The predicted octanol–water partition coefficient (Wildman–Crippen LogP) is 1.02. The van der Waals surface area contributed by atoms with Crippen molar-refractivity contribution in [3.05, 3.63) is 62.8 Å². The molecule has 148 valence electrons. The van der Waals surface area contributed by atoms with E-state index in [0.29, 0.717) is 19.5 Å². The number of hydrogen-bond acceptors (Lipinski definition) is 6. The Bertz CT molecular complexity index is 1160. The molecule has 1 aromatic carbocycles. The number of halogens is 3. The number of rotatable bonds is 2. The largest absolute Gasteiger partial charge is 0.421 e. The molecule has 0 aliphatic carbocycles. The molecular weight excluding hydrogens is 396 g/mol. The van der Waals surface area contributed by atoms with Crippen molar-refractivity contribution >= 4 is 29.3 Å². The van der Waals surface area contributed by atoms with Gasteiger partial charge in [-0.15, -0.1) is 12.4 Å². The molecule has 0 bridgehead atoms. The van der Waals surface area contributed by atoms with E-state index in [1.165, 1.54) is 12.1 Å². The van der Waals surface area contributed by atoms with Crippen molar-refractivity contribution in [2.24, 2.45) is 5.73 Å². The molecule has 1 saturated heterocycles. The Labute approximate surface area is 162 Å². The third-order valence-electron chi connectivity index (χ3n) is 4.55. The fourth-order valence-electron chi connectivity index (χ4n) is 3.21. The van der Waals surface area contributed by atoms with Crippen LogP contribution < -0.4 is 21.9 Å². The molecule has 3 N–H and O–H groups in total. The van der Waals surface area contributed by atoms with Gasteiger partial charge in [0.15, 0.2) is 17.3 Å². The van der Waals surface area contributed by atoms with E-state index in [4.69, 9.17) is 5.73 Å². The second-order valence-electron chi connectivity index (χ2n) is 6.37. The standard InChI is InChI=1S/C17H15F2N5O3.ClH/c18-9-1-3-11(4-2-9)23-14-12(16(25)24(27)17(23)26)7-13(19)15(21-14)22-6-5-10(20)8-22;/h1-4,7,10,27H,5-6,8,20H2;1H. The highest BCUT2D eigenvalue weighted by atomic mass is 35.5. The maximum Gasteiger partial charge on any atom is 0.370 e. The molecule has 3 aromatic rings. The van der Waals surface area contributed by atoms with E-state index in [1.54, 1.807) is 4.90 Å². The molecule has 1 fully saturated rings. The van der Waals surface area contributed by atoms with Gasteiger partial charge in [-0.05, 0) is 36.8 Å². The first-order chi connectivity index (χ1) is 12.9. The summed E-state index contributed by atoms with van der Waals surface area (Å²) >= 11 is 0. The Morgan fingerprint density at radius 1 is 1.18 bits per heavy atom. The molecule has 2 aromatic heterocycles. The van der Waals surface area contributed by atoms with Crippen LogP contribution in [0.5, 0.6) is 0 Å². The normalized spacial score (nSPS) is 16.4. The maximum absolute atomic E-state index is 14.6. The lowest BCUT2D eigenvalue weighted by Gasteiger charge is -2.19. The first-order valence-electron chi connectivity index (χ1n) is 8.21. The van der Waals surface area contributed by atoms with Gasteiger partial charge in [-0.25, -0.2) is 23.1 Å². The van der Waals surface area contributed by atoms with Gasteiger partial charge in [0.1, 0.15) is 5.82 Å². The van der Waals surface area contributed by atoms with Crippen LogP contribution in [0.4, 0.5) is 14.6 Å². The molecule has 0 spiro atoms. The van der Waals surface area contributed by atoms with E-state index < -0.39 is 22.9 Å². The molecule has 0 amide bonds. The molecule has 3 heterocycles. The predicted molar refractivity (Wildman–Crippen MR) is 101 cm³/mol. The minimum atomic E-state index is -1.10. The Morgan fingerprint density at radius 2 is 1.86 bits per heavy atom. The Morgan fingerprint density at radius 3 is 2.46 bits per heavy atom. The Hall–Kier alpha value is -2.98. The second-order valence-corrected chi connectivity index (χ2v) is 6.37. The molecule has 1 atom stereocenters. The van der Waals surface area contributed by atoms with E-state index in [2.05, 4.69) is 4.98 Å². The number of pyridine rings is 1. The molecule has 1 unspecified atom stereocenters. The smallest absolute Gasteiger partial charge is 0.370 e. The van der Waals surface area contributed by atoms with Crippen LogP contribution in [0.3, 0.4) is 0 Å². The molecule has 1 aliphatic heterocycles. The van der Waals surface area contributed by atoms with Gasteiger partial charge in [0.05, 0.1) is 11.1 Å². The quantitative estimate of drug-likeness (QED) is 0.610. The molecule has 0 radical (unpaired) electrons. The van der Waals surface area contributed by atoms with Crippen LogP contribution in [-0.2, 0) is 0 Å². The summed E-state index contributed by atoms with van der Waals surface area (Å²) in [5.74, 6) is -1.34. The van der Waals surface area contributed by atoms with Crippen LogP contribution in [0.1, 0.15) is 6.42 Å². The van der Waals surface area contributed by atoms with E-state index in [9.17, 15) is 23.6 Å². The number of anilines is 1. The van der Waals surface area contributed by atoms with Crippen molar-refractivity contribution in [2.75, 3.05) is 18.0 Å². The Balaban J connectivity index is 0.00000225. The van der Waals surface area contributed by atoms with Crippen LogP contribution in [0.2, 0.25) is 0 Å². The summed E-state index contributed by atoms with van der Waals surface area (Å²) in [5, 5.41) is 9.54. The highest BCUT2D eigenvalue weighted by Crippen LogP contribution is 2.24. The van der Waals surface area contributed by atoms with E-state index >= 15 is 0 Å². The Kier molecular flexibility index (Phi) is 5.09. The molecule has 0 saturated carbocycles. The van der Waals surface area contributed by atoms with Crippen LogP contribution in [0.25, 0.3) is 16.7 Å². The fourth-order valence-corrected chi connectivity index (χ4v) is 3.21. The summed E-state index contributed by atoms with van der Waals surface area (Å²) in [6.45, 7) is 0.863. The van der Waals surface area contributed by atoms with Gasteiger partial charge in [-0.3, -0.25) is 4.79 Å². The van der Waals surface area contributed by atoms with Gasteiger partial charge in [0, 0.05) is 19.1 Å². The van der Waals surface area contributed by atoms with Gasteiger partial charge in [0.25, 0.3) is 5.56 Å². The zero-order valence-corrected chi connectivity index (χ0v) is 15.2. The number of aromatic nitrogens is 3. The van der Waals surface area contributed by atoms with E-state index in [0.717, 1.165) is 22.8 Å². The number of hydrogen-bond donors (Lipinski definition) is 2. The summed E-state index contributed by atoms with van der Waals surface area (Å²) in [4.78, 5) is 30.5. The zero-order valence-electron chi connectivity index (χ0n) is 14.4. The van der Waals surface area contributed by atoms with Crippen molar-refractivity contribution in [2.45, 2.75) is 12.5 Å². The number of benzene rings is 1. The monoisotopic (exact) mass is 411 g/mol. The third-order valence-corrected chi connectivity index (χ3v) is 4.55. The van der Waals surface area contributed by atoms with E-state index in [-0.39, 0.29) is 45.7 Å². The highest BCUT2D eigenvalue weighted by molar-refractivity contribution is 5.85. The number of fused-ring (bicyclic) bond motifs is 1. The summed E-state index contributed by atoms with van der Waals surface area (Å²) in [6.07, 6.45) is 0.655. The van der Waals surface area contributed by atoms with Crippen molar-refractivity contribution in [1.82, 2.24) is 14.3 Å². The summed E-state index contributed by atoms with van der Waals surface area (Å²) in [6, 6.07) is 5.60. The molecule has 1 aliphatic rings. The topological polar surface area (TPSA) is 106 Å². The number of nitrogens with two attached hydrogens (primary N) is 1. The SMILES string of the molecule is Cl.NC1CCN(c2nc3c(cc2F)c(=O)n(O)c(=O)n3-c2ccc(F)cc2)C1. The van der Waals surface area contributed by atoms with Gasteiger partial charge < -0.3 is 15.8 Å². The lowest BCUT2D eigenvalue weighted by molar-refractivity contribution is 0.160. The van der Waals surface area contributed by atoms with Crippen LogP contribution in [0.15, 0.2) is 39.9 Å². The minimum absolute atomic E-state index is 0. The van der Waals surface area contributed by atoms with Crippen LogP contribution in [0, 0.1) is 11.6 Å². The summed E-state index contributed by atoms with van der Waals surface area (Å²) < 4.78 is 28.6. The third kappa shape index (κ3) is 3.10. The minimum Gasteiger partial charge on any atom is -0.421 e. The molecule has 11 heteroatoms. The van der Waals surface area contributed by atoms with Crippen molar-refractivity contribution in [1.29, 1.82) is 0 Å². The van der Waals surface area contributed by atoms with Crippen molar-refractivity contribution in [3.63, 3.8) is 0 Å². The second kappa shape index (κ2) is 7.21.